The number of ether oxygens (including phenoxy) is 2. The zero-order valence-corrected chi connectivity index (χ0v) is 18.1. The van der Waals surface area contributed by atoms with E-state index >= 15 is 0 Å². The van der Waals surface area contributed by atoms with Gasteiger partial charge >= 0.3 is 0 Å². The van der Waals surface area contributed by atoms with Gasteiger partial charge in [-0.05, 0) is 34.8 Å². The molecule has 1 aliphatic rings. The summed E-state index contributed by atoms with van der Waals surface area (Å²) in [6.07, 6.45) is 5.10. The van der Waals surface area contributed by atoms with Crippen LogP contribution in [0.25, 0.3) is 0 Å². The summed E-state index contributed by atoms with van der Waals surface area (Å²) < 4.78 is 12.2. The number of benzene rings is 1. The van der Waals surface area contributed by atoms with Crippen molar-refractivity contribution >= 4 is 15.8 Å². The van der Waals surface area contributed by atoms with E-state index in [4.69, 9.17) is 9.47 Å². The lowest BCUT2D eigenvalue weighted by molar-refractivity contribution is 0.289. The van der Waals surface area contributed by atoms with Gasteiger partial charge < -0.3 is 9.47 Å². The van der Waals surface area contributed by atoms with Gasteiger partial charge in [-0.25, -0.2) is 0 Å². The maximum absolute atomic E-state index is 6.08. The molecule has 24 heavy (non-hydrogen) atoms. The molecule has 2 rings (SSSR count). The second kappa shape index (κ2) is 8.37. The van der Waals surface area contributed by atoms with Crippen molar-refractivity contribution < 1.29 is 9.47 Å². The van der Waals surface area contributed by atoms with Crippen molar-refractivity contribution in [3.8, 4) is 11.5 Å². The minimum absolute atomic E-state index is 0.0185. The van der Waals surface area contributed by atoms with Crippen LogP contribution in [0.15, 0.2) is 24.3 Å². The van der Waals surface area contributed by atoms with E-state index in [0.29, 0.717) is 10.3 Å². The first-order chi connectivity index (χ1) is 11.2. The van der Waals surface area contributed by atoms with Crippen molar-refractivity contribution in [1.82, 2.24) is 0 Å². The Morgan fingerprint density at radius 1 is 0.667 bits per heavy atom. The van der Waals surface area contributed by atoms with Gasteiger partial charge in [0.25, 0.3) is 0 Å². The van der Waals surface area contributed by atoms with Gasteiger partial charge in [-0.15, -0.1) is 0 Å². The van der Waals surface area contributed by atoms with E-state index in [9.17, 15) is 0 Å². The summed E-state index contributed by atoms with van der Waals surface area (Å²) in [6, 6.07) is 8.13. The Balaban J connectivity index is 2.19. The fourth-order valence-electron chi connectivity index (χ4n) is 3.03. The molecule has 0 spiro atoms. The molecule has 2 nitrogen and oxygen atoms in total. The Morgan fingerprint density at radius 2 is 1.04 bits per heavy atom. The lowest BCUT2D eigenvalue weighted by Crippen LogP contribution is -2.24. The van der Waals surface area contributed by atoms with Crippen LogP contribution in [0.2, 0.25) is 0 Å². The zero-order valence-electron chi connectivity index (χ0n) is 16.3. The third-order valence-corrected chi connectivity index (χ3v) is 11.7. The molecular formula is C20H34O2P2. The van der Waals surface area contributed by atoms with Crippen molar-refractivity contribution in [3.63, 3.8) is 0 Å². The molecule has 0 N–H and O–H groups in total. The van der Waals surface area contributed by atoms with E-state index in [1.165, 1.54) is 24.6 Å². The molecule has 2 unspecified atom stereocenters. The fraction of sp³-hybridized carbons (Fsp3) is 0.700. The van der Waals surface area contributed by atoms with Crippen LogP contribution in [0.5, 0.6) is 11.5 Å². The Morgan fingerprint density at radius 3 is 1.38 bits per heavy atom. The summed E-state index contributed by atoms with van der Waals surface area (Å²) in [5, 5.41) is 0.801. The minimum atomic E-state index is -0.0185. The molecule has 1 aliphatic heterocycles. The standard InChI is InChI=1S/C20H34O2P2/c1-19(2,3)23-13-11-21-17-9-7-8-10-18(17)22-12-14-24(16-15-23)20(4,5)6/h7-10H,11-16H2,1-6H3. The average Bonchev–Trinajstić information content (AvgIpc) is 2.45. The molecule has 1 aromatic carbocycles. The van der Waals surface area contributed by atoms with Crippen LogP contribution < -0.4 is 9.47 Å². The molecule has 0 saturated carbocycles. The van der Waals surface area contributed by atoms with Crippen LogP contribution in [-0.2, 0) is 0 Å². The molecular weight excluding hydrogens is 334 g/mol. The average molecular weight is 368 g/mol. The fourth-order valence-corrected chi connectivity index (χ4v) is 8.71. The molecule has 4 heteroatoms. The van der Waals surface area contributed by atoms with Crippen molar-refractivity contribution in [1.29, 1.82) is 0 Å². The molecule has 0 aliphatic carbocycles. The van der Waals surface area contributed by atoms with Gasteiger partial charge in [0.2, 0.25) is 0 Å². The molecule has 0 radical (unpaired) electrons. The predicted octanol–water partition coefficient (Wildman–Crippen LogP) is 6.02. The van der Waals surface area contributed by atoms with E-state index in [0.717, 1.165) is 24.7 Å². The van der Waals surface area contributed by atoms with Gasteiger partial charge in [0, 0.05) is 12.3 Å². The van der Waals surface area contributed by atoms with E-state index in [2.05, 4.69) is 41.5 Å². The normalized spacial score (nSPS) is 23.9. The van der Waals surface area contributed by atoms with Crippen LogP contribution in [0.4, 0.5) is 0 Å². The van der Waals surface area contributed by atoms with Crippen LogP contribution in [0.3, 0.4) is 0 Å². The maximum atomic E-state index is 6.08. The second-order valence-corrected chi connectivity index (χ2v) is 15.1. The number of para-hydroxylation sites is 2. The van der Waals surface area contributed by atoms with Crippen LogP contribution in [-0.4, -0.2) is 48.2 Å². The largest absolute Gasteiger partial charge is 0.489 e. The molecule has 1 heterocycles. The summed E-state index contributed by atoms with van der Waals surface area (Å²) >= 11 is 0. The monoisotopic (exact) mass is 368 g/mol. The summed E-state index contributed by atoms with van der Waals surface area (Å²) in [5.74, 6) is 1.81. The highest BCUT2D eigenvalue weighted by Gasteiger charge is 2.29. The highest BCUT2D eigenvalue weighted by atomic mass is 31.1. The lowest BCUT2D eigenvalue weighted by Gasteiger charge is -2.37. The first-order valence-corrected chi connectivity index (χ1v) is 12.4. The van der Waals surface area contributed by atoms with E-state index in [1.807, 2.05) is 24.3 Å². The van der Waals surface area contributed by atoms with E-state index in [1.54, 1.807) is 0 Å². The van der Waals surface area contributed by atoms with Crippen molar-refractivity contribution in [2.75, 3.05) is 37.9 Å². The van der Waals surface area contributed by atoms with Gasteiger partial charge in [0.15, 0.2) is 11.5 Å². The summed E-state index contributed by atoms with van der Waals surface area (Å²) in [6.45, 7) is 16.0. The van der Waals surface area contributed by atoms with Crippen molar-refractivity contribution in [2.45, 2.75) is 51.9 Å². The van der Waals surface area contributed by atoms with Crippen LogP contribution in [0.1, 0.15) is 41.5 Å². The summed E-state index contributed by atoms with van der Waals surface area (Å²) in [7, 11) is -0.0370. The van der Waals surface area contributed by atoms with Crippen molar-refractivity contribution in [3.05, 3.63) is 24.3 Å². The quantitative estimate of drug-likeness (QED) is 0.522. The van der Waals surface area contributed by atoms with Crippen LogP contribution >= 0.6 is 15.8 Å². The zero-order chi connectivity index (χ0) is 17.8. The molecule has 2 atom stereocenters. The van der Waals surface area contributed by atoms with Gasteiger partial charge in [-0.3, -0.25) is 0 Å². The number of hydrogen-bond acceptors (Lipinski definition) is 2. The predicted molar refractivity (Wildman–Crippen MR) is 110 cm³/mol. The maximum Gasteiger partial charge on any atom is 0.161 e. The Labute approximate surface area is 151 Å². The number of hydrogen-bond donors (Lipinski definition) is 0. The Hall–Kier alpha value is -0.320. The molecule has 0 amide bonds. The van der Waals surface area contributed by atoms with Crippen molar-refractivity contribution in [2.24, 2.45) is 0 Å². The first kappa shape index (κ1) is 20.0. The summed E-state index contributed by atoms with van der Waals surface area (Å²) in [5.41, 5.74) is 0. The molecule has 136 valence electrons. The van der Waals surface area contributed by atoms with E-state index in [-0.39, 0.29) is 15.8 Å². The third-order valence-electron chi connectivity index (χ3n) is 4.62. The number of fused-ring (bicyclic) bond motifs is 1. The van der Waals surface area contributed by atoms with Gasteiger partial charge in [0.05, 0.1) is 13.2 Å². The molecule has 0 bridgehead atoms. The summed E-state index contributed by atoms with van der Waals surface area (Å²) in [4.78, 5) is 0. The molecule has 1 aromatic rings. The van der Waals surface area contributed by atoms with Crippen LogP contribution in [0, 0.1) is 0 Å². The Bertz CT molecular complexity index is 470. The highest BCUT2D eigenvalue weighted by Crippen LogP contribution is 2.55. The van der Waals surface area contributed by atoms with Gasteiger partial charge in [0.1, 0.15) is 0 Å². The minimum Gasteiger partial charge on any atom is -0.489 e. The highest BCUT2D eigenvalue weighted by molar-refractivity contribution is 7.63. The van der Waals surface area contributed by atoms with Gasteiger partial charge in [-0.1, -0.05) is 69.5 Å². The molecule has 0 saturated heterocycles. The lowest BCUT2D eigenvalue weighted by atomic mass is 10.3. The first-order valence-electron chi connectivity index (χ1n) is 9.03. The Kier molecular flexibility index (Phi) is 6.98. The SMILES string of the molecule is CC(C)(C)P1CCOc2ccccc2OCCP(C(C)(C)C)CC1. The second-order valence-electron chi connectivity index (χ2n) is 8.46. The van der Waals surface area contributed by atoms with Gasteiger partial charge in [-0.2, -0.15) is 0 Å². The molecule has 0 fully saturated rings. The topological polar surface area (TPSA) is 18.5 Å². The third kappa shape index (κ3) is 5.89. The molecule has 0 aromatic heterocycles. The smallest absolute Gasteiger partial charge is 0.161 e. The number of rotatable bonds is 0. The van der Waals surface area contributed by atoms with E-state index < -0.39 is 0 Å².